The molecule has 0 bridgehead atoms. The summed E-state index contributed by atoms with van der Waals surface area (Å²) in [5.41, 5.74) is 3.33. The van der Waals surface area contributed by atoms with E-state index in [1.54, 1.807) is 46.9 Å². The molecule has 9 nitrogen and oxygen atoms in total. The first kappa shape index (κ1) is 32.6. The van der Waals surface area contributed by atoms with Gasteiger partial charge in [0.1, 0.15) is 11.6 Å². The summed E-state index contributed by atoms with van der Waals surface area (Å²) in [6, 6.07) is -2.42. The fourth-order valence-corrected chi connectivity index (χ4v) is 3.68. The minimum atomic E-state index is -4.55. The average molecular weight is 505 g/mol. The van der Waals surface area contributed by atoms with Crippen molar-refractivity contribution in [2.75, 3.05) is 7.05 Å². The van der Waals surface area contributed by atoms with Crippen molar-refractivity contribution in [3.8, 4) is 0 Å². The Bertz CT molecular complexity index is 799. The normalized spacial score (nSPS) is 15.5. The third kappa shape index (κ3) is 8.63. The molecule has 0 saturated heterocycles. The topological polar surface area (TPSA) is 147 Å². The predicted octanol–water partition coefficient (Wildman–Crippen LogP) is 1.58. The number of halogens is 2. The summed E-state index contributed by atoms with van der Waals surface area (Å²) in [5, 5.41) is 6.85. The molecular weight excluding hydrogens is 462 g/mol. The molecule has 3 atom stereocenters. The molecule has 0 aromatic rings. The van der Waals surface area contributed by atoms with E-state index >= 15 is 0 Å². The Morgan fingerprint density at radius 3 is 1.66 bits per heavy atom. The highest BCUT2D eigenvalue weighted by Crippen LogP contribution is 2.29. The number of nitrogens with two attached hydrogens (primary N) is 1. The zero-order valence-electron chi connectivity index (χ0n) is 22.3. The maximum absolute atomic E-state index is 14.6. The molecular formula is C24H42F2N4O5. The Labute approximate surface area is 206 Å². The molecule has 0 radical (unpaired) electrons. The molecule has 3 amide bonds. The van der Waals surface area contributed by atoms with E-state index in [4.69, 9.17) is 5.73 Å². The number of nitrogens with one attached hydrogen (secondary N) is 3. The molecule has 11 heteroatoms. The lowest BCUT2D eigenvalue weighted by Crippen LogP contribution is -2.69. The van der Waals surface area contributed by atoms with Gasteiger partial charge in [-0.3, -0.25) is 24.0 Å². The van der Waals surface area contributed by atoms with Crippen molar-refractivity contribution in [2.24, 2.45) is 29.4 Å². The molecule has 0 aromatic heterocycles. The van der Waals surface area contributed by atoms with Gasteiger partial charge in [0.15, 0.2) is 5.78 Å². The van der Waals surface area contributed by atoms with Crippen LogP contribution in [0, 0.1) is 23.7 Å². The smallest absolute Gasteiger partial charge is 0.354 e. The summed E-state index contributed by atoms with van der Waals surface area (Å²) < 4.78 is 29.2. The van der Waals surface area contributed by atoms with E-state index in [9.17, 15) is 32.8 Å². The van der Waals surface area contributed by atoms with Crippen LogP contribution >= 0.6 is 0 Å². The number of ketones is 2. The predicted molar refractivity (Wildman–Crippen MR) is 128 cm³/mol. The minimum Gasteiger partial charge on any atom is -0.354 e. The molecule has 0 aliphatic heterocycles. The van der Waals surface area contributed by atoms with Crippen LogP contribution in [0.25, 0.3) is 0 Å². The highest BCUT2D eigenvalue weighted by molar-refractivity contribution is 6.22. The Morgan fingerprint density at radius 2 is 1.29 bits per heavy atom. The highest BCUT2D eigenvalue weighted by atomic mass is 19.3. The molecule has 0 aliphatic carbocycles. The second kappa shape index (κ2) is 13.0. The van der Waals surface area contributed by atoms with Crippen LogP contribution in [0.4, 0.5) is 8.78 Å². The number of hydrogen-bond acceptors (Lipinski definition) is 6. The van der Waals surface area contributed by atoms with Gasteiger partial charge in [-0.05, 0) is 30.1 Å². The van der Waals surface area contributed by atoms with Crippen molar-refractivity contribution in [3.05, 3.63) is 0 Å². The third-order valence-electron chi connectivity index (χ3n) is 5.48. The van der Waals surface area contributed by atoms with Gasteiger partial charge in [0.05, 0.1) is 6.04 Å². The summed E-state index contributed by atoms with van der Waals surface area (Å²) >= 11 is 0. The molecule has 0 aromatic carbocycles. The number of rotatable bonds is 14. The summed E-state index contributed by atoms with van der Waals surface area (Å²) in [6.07, 6.45) is -0.276. The molecule has 0 spiro atoms. The highest BCUT2D eigenvalue weighted by Gasteiger charge is 2.59. The summed E-state index contributed by atoms with van der Waals surface area (Å²) in [4.78, 5) is 63.4. The SMILES string of the molecule is CNC(=O)C(F)(F)C(=O)C(N)(CC(C)C)C(=O)[C@@H](NC(=O)[C@@H](NC(=O)CC(C)C)C(C)C)C(C)C. The average Bonchev–Trinajstić information content (AvgIpc) is 2.72. The van der Waals surface area contributed by atoms with Gasteiger partial charge in [-0.2, -0.15) is 8.78 Å². The number of carbonyl (C=O) groups excluding carboxylic acids is 5. The molecule has 35 heavy (non-hydrogen) atoms. The lowest BCUT2D eigenvalue weighted by molar-refractivity contribution is -0.164. The lowest BCUT2D eigenvalue weighted by Gasteiger charge is -2.36. The zero-order chi connectivity index (χ0) is 27.9. The third-order valence-corrected chi connectivity index (χ3v) is 5.48. The quantitative estimate of drug-likeness (QED) is 0.264. The summed E-state index contributed by atoms with van der Waals surface area (Å²) in [7, 11) is 0.933. The van der Waals surface area contributed by atoms with Crippen LogP contribution in [-0.2, 0) is 24.0 Å². The van der Waals surface area contributed by atoms with Gasteiger partial charge >= 0.3 is 5.92 Å². The van der Waals surface area contributed by atoms with Crippen LogP contribution in [-0.4, -0.2) is 59.9 Å². The van der Waals surface area contributed by atoms with Crippen molar-refractivity contribution in [1.29, 1.82) is 0 Å². The van der Waals surface area contributed by atoms with Crippen molar-refractivity contribution in [3.63, 3.8) is 0 Å². The fourth-order valence-electron chi connectivity index (χ4n) is 3.68. The zero-order valence-corrected chi connectivity index (χ0v) is 22.3. The largest absolute Gasteiger partial charge is 0.383 e. The summed E-state index contributed by atoms with van der Waals surface area (Å²) in [6.45, 7) is 13.4. The molecule has 0 rings (SSSR count). The van der Waals surface area contributed by atoms with Crippen LogP contribution in [0.1, 0.15) is 68.2 Å². The van der Waals surface area contributed by atoms with Crippen molar-refractivity contribution in [1.82, 2.24) is 16.0 Å². The van der Waals surface area contributed by atoms with Crippen LogP contribution in [0.15, 0.2) is 0 Å². The van der Waals surface area contributed by atoms with Gasteiger partial charge in [0, 0.05) is 13.5 Å². The number of carbonyl (C=O) groups is 5. The van der Waals surface area contributed by atoms with Crippen LogP contribution in [0.3, 0.4) is 0 Å². The second-order valence-corrected chi connectivity index (χ2v) is 10.5. The molecule has 0 heterocycles. The molecule has 1 unspecified atom stereocenters. The molecule has 202 valence electrons. The van der Waals surface area contributed by atoms with Gasteiger partial charge in [0.25, 0.3) is 5.91 Å². The van der Waals surface area contributed by atoms with E-state index in [1.807, 2.05) is 13.8 Å². The van der Waals surface area contributed by atoms with Gasteiger partial charge in [0.2, 0.25) is 17.6 Å². The summed E-state index contributed by atoms with van der Waals surface area (Å²) in [5.74, 6) is -12.1. The van der Waals surface area contributed by atoms with E-state index in [1.165, 1.54) is 0 Å². The maximum atomic E-state index is 14.6. The van der Waals surface area contributed by atoms with Crippen LogP contribution < -0.4 is 21.7 Å². The van der Waals surface area contributed by atoms with Crippen molar-refractivity contribution < 1.29 is 32.8 Å². The van der Waals surface area contributed by atoms with Gasteiger partial charge < -0.3 is 21.7 Å². The Hall–Kier alpha value is -2.43. The molecule has 0 saturated carbocycles. The van der Waals surface area contributed by atoms with E-state index in [0.717, 1.165) is 7.05 Å². The number of hydrogen-bond donors (Lipinski definition) is 4. The lowest BCUT2D eigenvalue weighted by atomic mass is 9.75. The van der Waals surface area contributed by atoms with E-state index < -0.39 is 65.2 Å². The van der Waals surface area contributed by atoms with Crippen molar-refractivity contribution in [2.45, 2.75) is 91.8 Å². The fraction of sp³-hybridized carbons (Fsp3) is 0.792. The van der Waals surface area contributed by atoms with Gasteiger partial charge in [-0.15, -0.1) is 0 Å². The molecule has 5 N–H and O–H groups in total. The van der Waals surface area contributed by atoms with Crippen molar-refractivity contribution >= 4 is 29.3 Å². The first-order valence-corrected chi connectivity index (χ1v) is 11.9. The first-order chi connectivity index (χ1) is 15.8. The van der Waals surface area contributed by atoms with Gasteiger partial charge in [-0.1, -0.05) is 55.4 Å². The van der Waals surface area contributed by atoms with E-state index in [2.05, 4.69) is 10.6 Å². The van der Waals surface area contributed by atoms with Crippen LogP contribution in [0.2, 0.25) is 0 Å². The standard InChI is InChI=1S/C24H42F2N4O5/c1-12(2)10-16(31)29-18(15(7)8)20(33)30-17(14(5)6)19(32)23(27,11-13(3)4)21(34)24(25,26)22(35)28-9/h12-15,17-18H,10-11,27H2,1-9H3,(H,28,35)(H,29,31)(H,30,33)/t17-,18-,23?/m0/s1. The number of Topliss-reactive ketones (excluding diaryl/α,β-unsaturated/α-hetero) is 2. The maximum Gasteiger partial charge on any atom is 0.383 e. The second-order valence-electron chi connectivity index (χ2n) is 10.5. The number of alkyl halides is 2. The van der Waals surface area contributed by atoms with E-state index in [-0.39, 0.29) is 24.2 Å². The Kier molecular flexibility index (Phi) is 12.1. The first-order valence-electron chi connectivity index (χ1n) is 11.9. The van der Waals surface area contributed by atoms with E-state index in [0.29, 0.717) is 0 Å². The Morgan fingerprint density at radius 1 is 0.800 bits per heavy atom. The number of amides is 3. The molecule has 0 fully saturated rings. The minimum absolute atomic E-state index is 0.0535. The monoisotopic (exact) mass is 504 g/mol. The Balaban J connectivity index is 6.21. The van der Waals surface area contributed by atoms with Crippen LogP contribution in [0.5, 0.6) is 0 Å². The van der Waals surface area contributed by atoms with Gasteiger partial charge in [-0.25, -0.2) is 0 Å². The molecule has 0 aliphatic rings.